The van der Waals surface area contributed by atoms with Crippen LogP contribution in [0.25, 0.3) is 0 Å². The molecule has 0 amide bonds. The fourth-order valence-electron chi connectivity index (χ4n) is 1.73. The van der Waals surface area contributed by atoms with E-state index < -0.39 is 5.97 Å². The largest absolute Gasteiger partial charge is 1.00 e. The fraction of sp³-hybridized carbons (Fsp3) is 0.300. The van der Waals surface area contributed by atoms with Crippen molar-refractivity contribution in [2.24, 2.45) is 5.92 Å². The first-order valence-electron chi connectivity index (χ1n) is 4.07. The Labute approximate surface area is 131 Å². The number of benzene rings is 1. The molecule has 0 heterocycles. The summed E-state index contributed by atoms with van der Waals surface area (Å²) in [4.78, 5) is 10.7. The number of rotatable bonds is 1. The van der Waals surface area contributed by atoms with Crippen LogP contribution in [0.2, 0.25) is 0 Å². The molecular weight excluding hydrogens is 198 g/mol. The molecule has 0 aliphatic heterocycles. The Bertz CT molecular complexity index is 309. The molecule has 0 fully saturated rings. The minimum Gasteiger partial charge on any atom is -1.00 e. The van der Waals surface area contributed by atoms with E-state index in [9.17, 15) is 4.79 Å². The molecule has 0 atom stereocenters. The van der Waals surface area contributed by atoms with Gasteiger partial charge in [0.05, 0.1) is 5.92 Å². The number of carboxylic acids is 1. The zero-order valence-electron chi connectivity index (χ0n) is 10.7. The Hall–Kier alpha value is 0.690. The number of carboxylic acid groups (broad SMARTS) is 1. The minimum atomic E-state index is -0.675. The second kappa shape index (κ2) is 6.31. The smallest absolute Gasteiger partial charge is 1.00 e. The van der Waals surface area contributed by atoms with E-state index in [-0.39, 0.29) is 67.9 Å². The van der Waals surface area contributed by atoms with E-state index in [1.165, 1.54) is 11.1 Å². The van der Waals surface area contributed by atoms with E-state index in [1.54, 1.807) is 0 Å². The molecular formula is C10H12Na2O2. The predicted molar refractivity (Wildman–Crippen MR) is 47.2 cm³/mol. The van der Waals surface area contributed by atoms with E-state index in [1.807, 2.05) is 24.3 Å². The van der Waals surface area contributed by atoms with Crippen molar-refractivity contribution in [1.82, 2.24) is 0 Å². The molecule has 1 aliphatic rings. The molecule has 1 aliphatic carbocycles. The molecule has 0 aromatic heterocycles. The molecule has 0 bridgehead atoms. The molecule has 0 saturated heterocycles. The summed E-state index contributed by atoms with van der Waals surface area (Å²) in [6, 6.07) is 7.95. The number of hydrogen-bond donors (Lipinski definition) is 1. The van der Waals surface area contributed by atoms with Crippen LogP contribution in [0.5, 0.6) is 0 Å². The number of aliphatic carboxylic acids is 1. The van der Waals surface area contributed by atoms with Crippen LogP contribution in [0.3, 0.4) is 0 Å². The molecule has 1 N–H and O–H groups in total. The third-order valence-electron chi connectivity index (χ3n) is 2.40. The van der Waals surface area contributed by atoms with Gasteiger partial charge in [0, 0.05) is 0 Å². The van der Waals surface area contributed by atoms with Gasteiger partial charge in [-0.25, -0.2) is 0 Å². The minimum absolute atomic E-state index is 0. The third-order valence-corrected chi connectivity index (χ3v) is 2.40. The van der Waals surface area contributed by atoms with Crippen LogP contribution in [0.1, 0.15) is 14.0 Å². The number of carbonyl (C=O) groups is 1. The van der Waals surface area contributed by atoms with Crippen molar-refractivity contribution in [2.45, 2.75) is 12.8 Å². The van der Waals surface area contributed by atoms with E-state index >= 15 is 0 Å². The average Bonchev–Trinajstić information content (AvgIpc) is 2.46. The van der Waals surface area contributed by atoms with Crippen LogP contribution in [0.4, 0.5) is 0 Å². The van der Waals surface area contributed by atoms with E-state index in [0.29, 0.717) is 12.8 Å². The van der Waals surface area contributed by atoms with Crippen LogP contribution >= 0.6 is 0 Å². The molecule has 1 aromatic carbocycles. The molecule has 0 spiro atoms. The average molecular weight is 210 g/mol. The van der Waals surface area contributed by atoms with Gasteiger partial charge in [0.1, 0.15) is 0 Å². The molecule has 0 radical (unpaired) electrons. The van der Waals surface area contributed by atoms with Gasteiger partial charge >= 0.3 is 65.1 Å². The van der Waals surface area contributed by atoms with Gasteiger partial charge in [-0.2, -0.15) is 0 Å². The van der Waals surface area contributed by atoms with Gasteiger partial charge in [0.25, 0.3) is 0 Å². The summed E-state index contributed by atoms with van der Waals surface area (Å²) in [6.45, 7) is 0. The first kappa shape index (κ1) is 14.7. The van der Waals surface area contributed by atoms with Crippen LogP contribution in [0, 0.1) is 5.92 Å². The summed E-state index contributed by atoms with van der Waals surface area (Å²) in [5.41, 5.74) is 2.40. The van der Waals surface area contributed by atoms with Gasteiger partial charge in [-0.1, -0.05) is 24.3 Å². The van der Waals surface area contributed by atoms with Crippen molar-refractivity contribution in [3.63, 3.8) is 0 Å². The molecule has 14 heavy (non-hydrogen) atoms. The predicted octanol–water partition coefficient (Wildman–Crippen LogP) is -4.28. The van der Waals surface area contributed by atoms with Gasteiger partial charge in [-0.05, 0) is 24.0 Å². The molecule has 2 rings (SSSR count). The summed E-state index contributed by atoms with van der Waals surface area (Å²) >= 11 is 0. The monoisotopic (exact) mass is 210 g/mol. The Kier molecular flexibility index (Phi) is 6.62. The Morgan fingerprint density at radius 3 is 2.00 bits per heavy atom. The van der Waals surface area contributed by atoms with Gasteiger partial charge in [0.2, 0.25) is 0 Å². The fourth-order valence-corrected chi connectivity index (χ4v) is 1.73. The normalized spacial score (nSPS) is 13.7. The third kappa shape index (κ3) is 3.09. The summed E-state index contributed by atoms with van der Waals surface area (Å²) in [6.07, 6.45) is 1.40. The summed E-state index contributed by atoms with van der Waals surface area (Å²) in [5, 5.41) is 8.79. The number of fused-ring (bicyclic) bond motifs is 1. The first-order valence-corrected chi connectivity index (χ1v) is 4.07. The second-order valence-electron chi connectivity index (χ2n) is 3.21. The van der Waals surface area contributed by atoms with E-state index in [2.05, 4.69) is 0 Å². The maximum absolute atomic E-state index is 10.7. The molecule has 1 aromatic rings. The maximum atomic E-state index is 10.7. The van der Waals surface area contributed by atoms with Crippen LogP contribution in [-0.2, 0) is 17.6 Å². The van der Waals surface area contributed by atoms with Crippen molar-refractivity contribution < 1.29 is 71.9 Å². The van der Waals surface area contributed by atoms with Gasteiger partial charge in [-0.15, -0.1) is 0 Å². The van der Waals surface area contributed by atoms with Crippen molar-refractivity contribution in [2.75, 3.05) is 0 Å². The molecule has 0 unspecified atom stereocenters. The summed E-state index contributed by atoms with van der Waals surface area (Å²) in [7, 11) is 0. The van der Waals surface area contributed by atoms with Gasteiger partial charge < -0.3 is 7.96 Å². The Morgan fingerprint density at radius 2 is 1.64 bits per heavy atom. The molecule has 2 nitrogen and oxygen atoms in total. The van der Waals surface area contributed by atoms with Crippen LogP contribution < -0.4 is 59.1 Å². The summed E-state index contributed by atoms with van der Waals surface area (Å²) in [5.74, 6) is -0.867. The van der Waals surface area contributed by atoms with Gasteiger partial charge in [0.15, 0.2) is 0 Å². The van der Waals surface area contributed by atoms with Crippen LogP contribution in [-0.4, -0.2) is 11.1 Å². The zero-order chi connectivity index (χ0) is 8.55. The second-order valence-corrected chi connectivity index (χ2v) is 3.21. The van der Waals surface area contributed by atoms with Crippen LogP contribution in [0.15, 0.2) is 24.3 Å². The van der Waals surface area contributed by atoms with Crippen molar-refractivity contribution in [1.29, 1.82) is 0 Å². The standard InChI is InChI=1S/C10H10O2.2Na.2H/c11-10(12)9-5-7-3-1-2-4-8(7)6-9;;;;/h1-4,9H,5-6H2,(H,11,12);;;;/q;2*+1;2*-1. The summed E-state index contributed by atoms with van der Waals surface area (Å²) < 4.78 is 0. The topological polar surface area (TPSA) is 37.3 Å². The van der Waals surface area contributed by atoms with E-state index in [0.717, 1.165) is 0 Å². The molecule has 0 saturated carbocycles. The van der Waals surface area contributed by atoms with Crippen molar-refractivity contribution in [3.05, 3.63) is 35.4 Å². The Balaban J connectivity index is -0.000000422. The molecule has 66 valence electrons. The van der Waals surface area contributed by atoms with Crippen molar-refractivity contribution >= 4 is 5.97 Å². The Morgan fingerprint density at radius 1 is 1.21 bits per heavy atom. The van der Waals surface area contributed by atoms with E-state index in [4.69, 9.17) is 5.11 Å². The maximum Gasteiger partial charge on any atom is 1.00 e. The number of hydrogen-bond acceptors (Lipinski definition) is 1. The van der Waals surface area contributed by atoms with Crippen molar-refractivity contribution in [3.8, 4) is 0 Å². The zero-order valence-corrected chi connectivity index (χ0v) is 12.7. The first-order chi connectivity index (χ1) is 5.77. The molecule has 4 heteroatoms. The SMILES string of the molecule is O=C(O)C1Cc2ccccc2C1.[H-].[H-].[Na+].[Na+]. The van der Waals surface area contributed by atoms with Gasteiger partial charge in [-0.3, -0.25) is 4.79 Å². The quantitative estimate of drug-likeness (QED) is 0.476.